The van der Waals surface area contributed by atoms with Gasteiger partial charge in [0.25, 0.3) is 0 Å². The van der Waals surface area contributed by atoms with Crippen LogP contribution in [0.1, 0.15) is 30.1 Å². The number of ether oxygens (including phenoxy) is 1. The number of hydrogen-bond donors (Lipinski definition) is 1. The van der Waals surface area contributed by atoms with Gasteiger partial charge in [-0.05, 0) is 30.5 Å². The lowest BCUT2D eigenvalue weighted by Crippen LogP contribution is -2.39. The molecule has 0 amide bonds. The van der Waals surface area contributed by atoms with Crippen LogP contribution < -0.4 is 5.32 Å². The number of nitrogens with zero attached hydrogens (tertiary/aromatic N) is 1. The lowest BCUT2D eigenvalue weighted by molar-refractivity contribution is 0.0678. The van der Waals surface area contributed by atoms with Gasteiger partial charge in [-0.15, -0.1) is 0 Å². The summed E-state index contributed by atoms with van der Waals surface area (Å²) in [5.41, 5.74) is 2.31. The number of hydrogen-bond acceptors (Lipinski definition) is 3. The minimum absolute atomic E-state index is 0.129. The highest BCUT2D eigenvalue weighted by Gasteiger charge is 2.21. The molecule has 1 aliphatic rings. The molecule has 2 unspecified atom stereocenters. The smallest absolute Gasteiger partial charge is 0.0754 e. The number of nitrogens with one attached hydrogen (secondary N) is 1. The summed E-state index contributed by atoms with van der Waals surface area (Å²) in [4.78, 5) is 4.52. The van der Waals surface area contributed by atoms with Crippen molar-refractivity contribution < 1.29 is 4.74 Å². The Balaban J connectivity index is 1.83. The fourth-order valence-corrected chi connectivity index (χ4v) is 2.65. The highest BCUT2D eigenvalue weighted by molar-refractivity contribution is 5.27. The molecule has 1 aliphatic heterocycles. The largest absolute Gasteiger partial charge is 0.380 e. The van der Waals surface area contributed by atoms with E-state index in [0.717, 1.165) is 31.7 Å². The number of rotatable bonds is 4. The lowest BCUT2D eigenvalue weighted by Gasteiger charge is -2.28. The summed E-state index contributed by atoms with van der Waals surface area (Å²) in [6.07, 6.45) is 4.14. The fraction of sp³-hybridized carbons (Fsp3) is 0.353. The van der Waals surface area contributed by atoms with E-state index in [1.807, 2.05) is 24.4 Å². The topological polar surface area (TPSA) is 34.1 Å². The Hall–Kier alpha value is -1.71. The van der Waals surface area contributed by atoms with Crippen LogP contribution in [0, 0.1) is 0 Å². The second kappa shape index (κ2) is 6.64. The van der Waals surface area contributed by atoms with E-state index in [0.29, 0.717) is 6.04 Å². The first-order valence-corrected chi connectivity index (χ1v) is 7.23. The molecule has 1 N–H and O–H groups in total. The summed E-state index contributed by atoms with van der Waals surface area (Å²) in [6.45, 7) is 1.67. The Morgan fingerprint density at radius 3 is 2.65 bits per heavy atom. The van der Waals surface area contributed by atoms with Crippen molar-refractivity contribution in [1.82, 2.24) is 10.3 Å². The molecule has 1 aromatic carbocycles. The van der Waals surface area contributed by atoms with Crippen LogP contribution in [0.2, 0.25) is 0 Å². The molecule has 0 spiro atoms. The van der Waals surface area contributed by atoms with Gasteiger partial charge in [0, 0.05) is 18.8 Å². The second-order valence-corrected chi connectivity index (χ2v) is 5.18. The third kappa shape index (κ3) is 3.24. The molecule has 2 heterocycles. The Morgan fingerprint density at radius 1 is 1.10 bits per heavy atom. The minimum atomic E-state index is 0.129. The van der Waals surface area contributed by atoms with Crippen LogP contribution in [0.15, 0.2) is 54.7 Å². The molecule has 0 saturated carbocycles. The quantitative estimate of drug-likeness (QED) is 0.925. The molecule has 20 heavy (non-hydrogen) atoms. The van der Waals surface area contributed by atoms with Crippen LogP contribution in [0.5, 0.6) is 0 Å². The molecule has 0 aliphatic carbocycles. The van der Waals surface area contributed by atoms with Gasteiger partial charge < -0.3 is 4.74 Å². The first-order valence-electron chi connectivity index (χ1n) is 7.23. The maximum absolute atomic E-state index is 5.57. The molecule has 1 aromatic heterocycles. The van der Waals surface area contributed by atoms with Crippen molar-refractivity contribution >= 4 is 0 Å². The van der Waals surface area contributed by atoms with Crippen molar-refractivity contribution in [3.8, 4) is 0 Å². The van der Waals surface area contributed by atoms with Crippen molar-refractivity contribution in [2.24, 2.45) is 0 Å². The molecular formula is C17H20N2O. The Labute approximate surface area is 120 Å². The molecule has 3 nitrogen and oxygen atoms in total. The summed E-state index contributed by atoms with van der Waals surface area (Å²) in [6, 6.07) is 17.1. The maximum atomic E-state index is 5.57. The number of aromatic nitrogens is 1. The normalized spacial score (nSPS) is 20.5. The summed E-state index contributed by atoms with van der Waals surface area (Å²) >= 11 is 0. The van der Waals surface area contributed by atoms with Crippen LogP contribution in [-0.4, -0.2) is 24.2 Å². The van der Waals surface area contributed by atoms with Gasteiger partial charge in [0.2, 0.25) is 0 Å². The van der Waals surface area contributed by atoms with Crippen LogP contribution in [0.3, 0.4) is 0 Å². The third-order valence-corrected chi connectivity index (χ3v) is 3.68. The number of benzene rings is 1. The van der Waals surface area contributed by atoms with E-state index in [1.54, 1.807) is 0 Å². The van der Waals surface area contributed by atoms with E-state index in [1.165, 1.54) is 5.56 Å². The van der Waals surface area contributed by atoms with E-state index in [4.69, 9.17) is 4.74 Å². The van der Waals surface area contributed by atoms with E-state index in [-0.39, 0.29) is 6.04 Å². The van der Waals surface area contributed by atoms with Gasteiger partial charge in [-0.25, -0.2) is 0 Å². The highest BCUT2D eigenvalue weighted by Crippen LogP contribution is 2.22. The van der Waals surface area contributed by atoms with Crippen molar-refractivity contribution in [1.29, 1.82) is 0 Å². The zero-order valence-corrected chi connectivity index (χ0v) is 11.5. The minimum Gasteiger partial charge on any atom is -0.380 e. The fourth-order valence-electron chi connectivity index (χ4n) is 2.65. The lowest BCUT2D eigenvalue weighted by atomic mass is 10.0. The van der Waals surface area contributed by atoms with Crippen LogP contribution in [0.4, 0.5) is 0 Å². The van der Waals surface area contributed by atoms with Gasteiger partial charge in [0.05, 0.1) is 18.3 Å². The Kier molecular flexibility index (Phi) is 4.41. The second-order valence-electron chi connectivity index (χ2n) is 5.18. The molecule has 104 valence electrons. The van der Waals surface area contributed by atoms with Crippen LogP contribution in [0.25, 0.3) is 0 Å². The molecule has 1 saturated heterocycles. The van der Waals surface area contributed by atoms with Gasteiger partial charge >= 0.3 is 0 Å². The zero-order valence-electron chi connectivity index (χ0n) is 11.5. The predicted octanol–water partition coefficient (Wildman–Crippen LogP) is 2.94. The van der Waals surface area contributed by atoms with E-state index < -0.39 is 0 Å². The van der Waals surface area contributed by atoms with Crippen LogP contribution in [-0.2, 0) is 4.74 Å². The van der Waals surface area contributed by atoms with E-state index in [2.05, 4.69) is 40.6 Å². The molecule has 3 heteroatoms. The monoisotopic (exact) mass is 268 g/mol. The molecule has 3 rings (SSSR count). The Bertz CT molecular complexity index is 470. The number of pyridine rings is 1. The SMILES string of the molecule is c1ccc(C(NC2CCCOC2)c2ccccn2)cc1. The summed E-state index contributed by atoms with van der Waals surface area (Å²) < 4.78 is 5.57. The predicted molar refractivity (Wildman–Crippen MR) is 79.5 cm³/mol. The van der Waals surface area contributed by atoms with Gasteiger partial charge in [0.15, 0.2) is 0 Å². The van der Waals surface area contributed by atoms with Crippen LogP contribution >= 0.6 is 0 Å². The van der Waals surface area contributed by atoms with Gasteiger partial charge in [-0.2, -0.15) is 0 Å². The van der Waals surface area contributed by atoms with Gasteiger partial charge in [-0.1, -0.05) is 36.4 Å². The summed E-state index contributed by atoms with van der Waals surface area (Å²) in [5.74, 6) is 0. The zero-order chi connectivity index (χ0) is 13.6. The molecule has 2 atom stereocenters. The first-order chi connectivity index (χ1) is 9.93. The van der Waals surface area contributed by atoms with E-state index in [9.17, 15) is 0 Å². The van der Waals surface area contributed by atoms with Gasteiger partial charge in [-0.3, -0.25) is 10.3 Å². The molecule has 1 fully saturated rings. The summed E-state index contributed by atoms with van der Waals surface area (Å²) in [7, 11) is 0. The highest BCUT2D eigenvalue weighted by atomic mass is 16.5. The standard InChI is InChI=1S/C17H20N2O/c1-2-7-14(8-3-1)17(16-10-4-5-11-18-16)19-15-9-6-12-20-13-15/h1-5,7-8,10-11,15,17,19H,6,9,12-13H2. The molecule has 2 aromatic rings. The van der Waals surface area contributed by atoms with Crippen molar-refractivity contribution in [2.45, 2.75) is 24.9 Å². The van der Waals surface area contributed by atoms with Crippen molar-refractivity contribution in [2.75, 3.05) is 13.2 Å². The van der Waals surface area contributed by atoms with Crippen molar-refractivity contribution in [3.05, 3.63) is 66.0 Å². The summed E-state index contributed by atoms with van der Waals surface area (Å²) in [5, 5.41) is 3.70. The Morgan fingerprint density at radius 2 is 1.95 bits per heavy atom. The molecular weight excluding hydrogens is 248 g/mol. The molecule has 0 radical (unpaired) electrons. The van der Waals surface area contributed by atoms with E-state index >= 15 is 0 Å². The van der Waals surface area contributed by atoms with Crippen molar-refractivity contribution in [3.63, 3.8) is 0 Å². The third-order valence-electron chi connectivity index (χ3n) is 3.68. The van der Waals surface area contributed by atoms with Gasteiger partial charge in [0.1, 0.15) is 0 Å². The average Bonchev–Trinajstić information content (AvgIpc) is 2.55. The average molecular weight is 268 g/mol. The maximum Gasteiger partial charge on any atom is 0.0754 e. The first kappa shape index (κ1) is 13.3. The molecule has 0 bridgehead atoms.